The monoisotopic (exact) mass is 503 g/mol. The summed E-state index contributed by atoms with van der Waals surface area (Å²) in [6.07, 6.45) is 0. The maximum Gasteiger partial charge on any atom is 0.0540 e. The van der Waals surface area contributed by atoms with Gasteiger partial charge in [-0.05, 0) is 47.5 Å². The van der Waals surface area contributed by atoms with Crippen molar-refractivity contribution in [3.8, 4) is 22.3 Å². The molecule has 38 heavy (non-hydrogen) atoms. The zero-order valence-corrected chi connectivity index (χ0v) is 21.6. The van der Waals surface area contributed by atoms with Crippen molar-refractivity contribution in [1.29, 1.82) is 0 Å². The number of thiophene rings is 1. The van der Waals surface area contributed by atoms with E-state index in [2.05, 4.69) is 157 Å². The van der Waals surface area contributed by atoms with E-state index in [1.54, 1.807) is 0 Å². The van der Waals surface area contributed by atoms with E-state index in [-0.39, 0.29) is 0 Å². The van der Waals surface area contributed by atoms with Crippen molar-refractivity contribution in [2.24, 2.45) is 0 Å². The Hall–Kier alpha value is -4.66. The molecule has 6 aromatic carbocycles. The van der Waals surface area contributed by atoms with Gasteiger partial charge >= 0.3 is 0 Å². The van der Waals surface area contributed by atoms with Crippen molar-refractivity contribution >= 4 is 48.6 Å². The lowest BCUT2D eigenvalue weighted by molar-refractivity contribution is 1.28. The summed E-state index contributed by atoms with van der Waals surface area (Å²) in [4.78, 5) is 2.37. The number of benzene rings is 6. The van der Waals surface area contributed by atoms with Gasteiger partial charge in [-0.25, -0.2) is 0 Å². The van der Waals surface area contributed by atoms with Crippen LogP contribution in [0.2, 0.25) is 0 Å². The normalized spacial score (nSPS) is 11.2. The van der Waals surface area contributed by atoms with Crippen molar-refractivity contribution in [2.75, 3.05) is 4.90 Å². The van der Waals surface area contributed by atoms with E-state index in [4.69, 9.17) is 0 Å². The molecule has 7 rings (SSSR count). The lowest BCUT2D eigenvalue weighted by Gasteiger charge is -2.28. The Kier molecular flexibility index (Phi) is 5.73. The number of nitrogens with zero attached hydrogens (tertiary/aromatic N) is 1. The van der Waals surface area contributed by atoms with Crippen LogP contribution in [-0.2, 0) is 0 Å². The Labute approximate surface area is 226 Å². The van der Waals surface area contributed by atoms with Gasteiger partial charge in [0, 0.05) is 42.7 Å². The van der Waals surface area contributed by atoms with Crippen LogP contribution < -0.4 is 4.90 Å². The lowest BCUT2D eigenvalue weighted by Crippen LogP contribution is -2.11. The predicted molar refractivity (Wildman–Crippen MR) is 165 cm³/mol. The minimum absolute atomic E-state index is 1.13. The molecule has 0 amide bonds. The van der Waals surface area contributed by atoms with Gasteiger partial charge < -0.3 is 4.90 Å². The molecular weight excluding hydrogens is 478 g/mol. The van der Waals surface area contributed by atoms with Gasteiger partial charge in [-0.2, -0.15) is 0 Å². The minimum Gasteiger partial charge on any atom is -0.310 e. The molecule has 0 fully saturated rings. The van der Waals surface area contributed by atoms with Crippen molar-refractivity contribution in [3.63, 3.8) is 0 Å². The largest absolute Gasteiger partial charge is 0.310 e. The first-order chi connectivity index (χ1) is 18.9. The Balaban J connectivity index is 1.42. The summed E-state index contributed by atoms with van der Waals surface area (Å²) in [5.74, 6) is 0. The number of hydrogen-bond acceptors (Lipinski definition) is 2. The van der Waals surface area contributed by atoms with E-state index in [1.807, 2.05) is 11.3 Å². The maximum absolute atomic E-state index is 2.37. The topological polar surface area (TPSA) is 3.24 Å². The highest BCUT2D eigenvalue weighted by atomic mass is 32.1. The maximum atomic E-state index is 2.37. The summed E-state index contributed by atoms with van der Waals surface area (Å²) in [6, 6.07) is 54.3. The van der Waals surface area contributed by atoms with Crippen molar-refractivity contribution in [1.82, 2.24) is 0 Å². The summed E-state index contributed by atoms with van der Waals surface area (Å²) in [5, 5.41) is 2.64. The van der Waals surface area contributed by atoms with E-state index in [0.29, 0.717) is 0 Å². The number of fused-ring (bicyclic) bond motifs is 3. The minimum atomic E-state index is 1.13. The van der Waals surface area contributed by atoms with Crippen LogP contribution in [0.4, 0.5) is 17.1 Å². The summed E-state index contributed by atoms with van der Waals surface area (Å²) in [7, 11) is 0. The molecule has 1 heterocycles. The van der Waals surface area contributed by atoms with Gasteiger partial charge in [-0.15, -0.1) is 11.3 Å². The van der Waals surface area contributed by atoms with E-state index in [1.165, 1.54) is 42.4 Å². The molecule has 0 unspecified atom stereocenters. The number of anilines is 3. The molecule has 0 aliphatic carbocycles. The molecule has 0 atom stereocenters. The summed E-state index contributed by atoms with van der Waals surface area (Å²) in [6.45, 7) is 0. The predicted octanol–water partition coefficient (Wildman–Crippen LogP) is 10.9. The van der Waals surface area contributed by atoms with Crippen molar-refractivity contribution < 1.29 is 0 Å². The molecule has 0 saturated heterocycles. The highest BCUT2D eigenvalue weighted by Gasteiger charge is 2.19. The van der Waals surface area contributed by atoms with Crippen LogP contribution in [0.3, 0.4) is 0 Å². The number of rotatable bonds is 5. The van der Waals surface area contributed by atoms with Gasteiger partial charge in [0.2, 0.25) is 0 Å². The number of para-hydroxylation sites is 2. The molecule has 0 saturated carbocycles. The summed E-state index contributed by atoms with van der Waals surface area (Å²) in [5.41, 5.74) is 8.36. The van der Waals surface area contributed by atoms with Crippen LogP contribution in [0.15, 0.2) is 152 Å². The summed E-state index contributed by atoms with van der Waals surface area (Å²) >= 11 is 1.88. The average Bonchev–Trinajstić information content (AvgIpc) is 3.38. The Morgan fingerprint density at radius 2 is 0.974 bits per heavy atom. The molecule has 1 nitrogen and oxygen atoms in total. The standard InChI is InChI=1S/C36H25NS/c1-3-12-26(13-4-1)27-22-24-29(25-23-27)37(28-14-5-2-6-15-28)34-20-9-7-16-30(34)32-18-11-19-33-31-17-8-10-21-35(31)38-36(32)33/h1-25H. The van der Waals surface area contributed by atoms with E-state index in [9.17, 15) is 0 Å². The fraction of sp³-hybridized carbons (Fsp3) is 0. The molecule has 0 N–H and O–H groups in total. The molecular formula is C36H25NS. The second-order valence-corrected chi connectivity index (χ2v) is 10.4. The van der Waals surface area contributed by atoms with Crippen LogP contribution in [0.25, 0.3) is 42.4 Å². The fourth-order valence-corrected chi connectivity index (χ4v) is 6.52. The molecule has 2 heteroatoms. The van der Waals surface area contributed by atoms with Gasteiger partial charge in [0.05, 0.1) is 5.69 Å². The van der Waals surface area contributed by atoms with E-state index in [0.717, 1.165) is 17.1 Å². The van der Waals surface area contributed by atoms with Gasteiger partial charge in [-0.3, -0.25) is 0 Å². The molecule has 180 valence electrons. The molecule has 0 aliphatic rings. The molecule has 1 aromatic heterocycles. The second-order valence-electron chi connectivity index (χ2n) is 9.38. The Morgan fingerprint density at radius 3 is 1.79 bits per heavy atom. The molecule has 0 bridgehead atoms. The first-order valence-corrected chi connectivity index (χ1v) is 13.7. The van der Waals surface area contributed by atoms with Gasteiger partial charge in [0.15, 0.2) is 0 Å². The zero-order chi connectivity index (χ0) is 25.3. The Morgan fingerprint density at radius 1 is 0.395 bits per heavy atom. The number of hydrogen-bond donors (Lipinski definition) is 0. The quantitative estimate of drug-likeness (QED) is 0.226. The average molecular weight is 504 g/mol. The third-order valence-electron chi connectivity index (χ3n) is 7.09. The highest BCUT2D eigenvalue weighted by molar-refractivity contribution is 7.26. The van der Waals surface area contributed by atoms with Crippen LogP contribution in [-0.4, -0.2) is 0 Å². The van der Waals surface area contributed by atoms with Crippen LogP contribution >= 0.6 is 11.3 Å². The van der Waals surface area contributed by atoms with Gasteiger partial charge in [-0.1, -0.05) is 115 Å². The smallest absolute Gasteiger partial charge is 0.0540 e. The van der Waals surface area contributed by atoms with E-state index < -0.39 is 0 Å². The molecule has 0 spiro atoms. The first-order valence-electron chi connectivity index (χ1n) is 12.9. The van der Waals surface area contributed by atoms with Gasteiger partial charge in [0.25, 0.3) is 0 Å². The SMILES string of the molecule is c1ccc(-c2ccc(N(c3ccccc3)c3ccccc3-c3cccc4c3sc3ccccc34)cc2)cc1. The second kappa shape index (κ2) is 9.66. The zero-order valence-electron chi connectivity index (χ0n) is 20.8. The molecule has 7 aromatic rings. The van der Waals surface area contributed by atoms with Crippen LogP contribution in [0.5, 0.6) is 0 Å². The third-order valence-corrected chi connectivity index (χ3v) is 8.31. The third kappa shape index (κ3) is 3.96. The molecule has 0 aliphatic heterocycles. The van der Waals surface area contributed by atoms with Gasteiger partial charge in [0.1, 0.15) is 0 Å². The highest BCUT2D eigenvalue weighted by Crippen LogP contribution is 2.45. The van der Waals surface area contributed by atoms with Crippen molar-refractivity contribution in [3.05, 3.63) is 152 Å². The molecule has 0 radical (unpaired) electrons. The van der Waals surface area contributed by atoms with E-state index >= 15 is 0 Å². The van der Waals surface area contributed by atoms with Crippen molar-refractivity contribution in [2.45, 2.75) is 0 Å². The van der Waals surface area contributed by atoms with Crippen LogP contribution in [0.1, 0.15) is 0 Å². The summed E-state index contributed by atoms with van der Waals surface area (Å²) < 4.78 is 2.65. The lowest BCUT2D eigenvalue weighted by atomic mass is 9.99. The first kappa shape index (κ1) is 22.5. The fourth-order valence-electron chi connectivity index (χ4n) is 5.29. The van der Waals surface area contributed by atoms with Crippen LogP contribution in [0, 0.1) is 0 Å². The Bertz CT molecular complexity index is 1850.